The van der Waals surface area contributed by atoms with Crippen LogP contribution in [0.2, 0.25) is 0 Å². The molecular formula is C13H18O2S. The molecule has 0 N–H and O–H groups in total. The number of hydrogen-bond donors (Lipinski definition) is 1. The minimum Gasteiger partial charge on any atom is -0.353 e. The van der Waals surface area contributed by atoms with Gasteiger partial charge in [0.25, 0.3) is 0 Å². The normalized spacial score (nSPS) is 20.9. The second kappa shape index (κ2) is 6.28. The fraction of sp³-hybridized carbons (Fsp3) is 0.538. The molecule has 2 rings (SSSR count). The van der Waals surface area contributed by atoms with Gasteiger partial charge in [-0.05, 0) is 43.4 Å². The lowest BCUT2D eigenvalue weighted by atomic mass is 10.1. The standard InChI is InChI=1S/C13H18O2S/c16-12-5-3-4-11(10-12)7-9-15-13-6-1-2-8-14-13/h3-5,10,13,16H,1-2,6-9H2. The van der Waals surface area contributed by atoms with Crippen molar-refractivity contribution in [1.29, 1.82) is 0 Å². The maximum atomic E-state index is 5.68. The number of rotatable bonds is 4. The van der Waals surface area contributed by atoms with Crippen LogP contribution in [0.25, 0.3) is 0 Å². The topological polar surface area (TPSA) is 18.5 Å². The Morgan fingerprint density at radius 1 is 1.38 bits per heavy atom. The molecule has 0 bridgehead atoms. The predicted octanol–water partition coefficient (Wildman–Crippen LogP) is 3.06. The van der Waals surface area contributed by atoms with Gasteiger partial charge in [-0.2, -0.15) is 0 Å². The minimum atomic E-state index is 0.0212. The van der Waals surface area contributed by atoms with Crippen LogP contribution in [0.5, 0.6) is 0 Å². The quantitative estimate of drug-likeness (QED) is 0.813. The molecule has 1 aromatic rings. The molecule has 1 atom stereocenters. The summed E-state index contributed by atoms with van der Waals surface area (Å²) in [7, 11) is 0. The molecule has 88 valence electrons. The summed E-state index contributed by atoms with van der Waals surface area (Å²) in [6.07, 6.45) is 4.37. The van der Waals surface area contributed by atoms with Crippen LogP contribution in [0.4, 0.5) is 0 Å². The van der Waals surface area contributed by atoms with Gasteiger partial charge in [-0.1, -0.05) is 12.1 Å². The molecule has 1 aliphatic rings. The molecule has 1 heterocycles. The first-order chi connectivity index (χ1) is 7.84. The van der Waals surface area contributed by atoms with Crippen LogP contribution in [0.1, 0.15) is 24.8 Å². The Morgan fingerprint density at radius 2 is 2.31 bits per heavy atom. The molecule has 1 unspecified atom stereocenters. The van der Waals surface area contributed by atoms with Crippen molar-refractivity contribution >= 4 is 12.6 Å². The van der Waals surface area contributed by atoms with E-state index in [0.29, 0.717) is 0 Å². The van der Waals surface area contributed by atoms with E-state index in [0.717, 1.165) is 31.0 Å². The van der Waals surface area contributed by atoms with Crippen LogP contribution < -0.4 is 0 Å². The summed E-state index contributed by atoms with van der Waals surface area (Å²) >= 11 is 4.31. The van der Waals surface area contributed by atoms with Crippen molar-refractivity contribution < 1.29 is 9.47 Å². The molecule has 1 aliphatic heterocycles. The number of hydrogen-bond acceptors (Lipinski definition) is 3. The van der Waals surface area contributed by atoms with E-state index in [1.807, 2.05) is 12.1 Å². The number of thiol groups is 1. The maximum Gasteiger partial charge on any atom is 0.157 e. The minimum absolute atomic E-state index is 0.0212. The van der Waals surface area contributed by atoms with Gasteiger partial charge in [-0.3, -0.25) is 0 Å². The van der Waals surface area contributed by atoms with E-state index >= 15 is 0 Å². The Balaban J connectivity index is 1.71. The highest BCUT2D eigenvalue weighted by Crippen LogP contribution is 2.14. The van der Waals surface area contributed by atoms with Crippen molar-refractivity contribution in [3.63, 3.8) is 0 Å². The third-order valence-electron chi connectivity index (χ3n) is 2.74. The highest BCUT2D eigenvalue weighted by Gasteiger charge is 2.13. The molecular weight excluding hydrogens is 220 g/mol. The molecule has 0 aromatic heterocycles. The van der Waals surface area contributed by atoms with Gasteiger partial charge in [0.15, 0.2) is 6.29 Å². The van der Waals surface area contributed by atoms with E-state index in [4.69, 9.17) is 9.47 Å². The molecule has 3 heteroatoms. The predicted molar refractivity (Wildman–Crippen MR) is 66.9 cm³/mol. The molecule has 0 spiro atoms. The van der Waals surface area contributed by atoms with Crippen molar-refractivity contribution in [2.75, 3.05) is 13.2 Å². The molecule has 2 nitrogen and oxygen atoms in total. The van der Waals surface area contributed by atoms with Crippen LogP contribution in [-0.2, 0) is 15.9 Å². The molecule has 0 amide bonds. The van der Waals surface area contributed by atoms with Gasteiger partial charge in [-0.15, -0.1) is 12.6 Å². The summed E-state index contributed by atoms with van der Waals surface area (Å²) in [5.41, 5.74) is 1.27. The first kappa shape index (κ1) is 12.0. The summed E-state index contributed by atoms with van der Waals surface area (Å²) in [5.74, 6) is 0. The second-order valence-corrected chi connectivity index (χ2v) is 4.60. The van der Waals surface area contributed by atoms with Crippen LogP contribution in [0.3, 0.4) is 0 Å². The third-order valence-corrected chi connectivity index (χ3v) is 3.02. The molecule has 0 saturated carbocycles. The smallest absolute Gasteiger partial charge is 0.157 e. The Bertz CT molecular complexity index is 321. The number of ether oxygens (including phenoxy) is 2. The number of benzene rings is 1. The molecule has 1 aromatic carbocycles. The summed E-state index contributed by atoms with van der Waals surface area (Å²) < 4.78 is 11.2. The zero-order chi connectivity index (χ0) is 11.2. The Labute approximate surface area is 102 Å². The van der Waals surface area contributed by atoms with Gasteiger partial charge in [0.2, 0.25) is 0 Å². The van der Waals surface area contributed by atoms with E-state index in [1.165, 1.54) is 18.4 Å². The first-order valence-electron chi connectivity index (χ1n) is 5.86. The van der Waals surface area contributed by atoms with Gasteiger partial charge in [0.1, 0.15) is 0 Å². The van der Waals surface area contributed by atoms with E-state index in [9.17, 15) is 0 Å². The highest BCUT2D eigenvalue weighted by molar-refractivity contribution is 7.80. The Hall–Kier alpha value is -0.510. The summed E-state index contributed by atoms with van der Waals surface area (Å²) in [6.45, 7) is 1.57. The van der Waals surface area contributed by atoms with E-state index in [-0.39, 0.29) is 6.29 Å². The van der Waals surface area contributed by atoms with Crippen LogP contribution in [0, 0.1) is 0 Å². The van der Waals surface area contributed by atoms with Crippen molar-refractivity contribution in [2.45, 2.75) is 36.9 Å². The Morgan fingerprint density at radius 3 is 3.06 bits per heavy atom. The molecule has 1 saturated heterocycles. The van der Waals surface area contributed by atoms with Gasteiger partial charge in [0, 0.05) is 11.5 Å². The average molecular weight is 238 g/mol. The Kier molecular flexibility index (Phi) is 4.69. The average Bonchev–Trinajstić information content (AvgIpc) is 2.30. The van der Waals surface area contributed by atoms with Crippen molar-refractivity contribution in [3.05, 3.63) is 29.8 Å². The van der Waals surface area contributed by atoms with Crippen molar-refractivity contribution in [3.8, 4) is 0 Å². The largest absolute Gasteiger partial charge is 0.353 e. The molecule has 0 radical (unpaired) electrons. The van der Waals surface area contributed by atoms with Gasteiger partial charge >= 0.3 is 0 Å². The van der Waals surface area contributed by atoms with E-state index in [2.05, 4.69) is 24.8 Å². The highest BCUT2D eigenvalue weighted by atomic mass is 32.1. The van der Waals surface area contributed by atoms with Gasteiger partial charge in [0.05, 0.1) is 6.61 Å². The van der Waals surface area contributed by atoms with Crippen LogP contribution >= 0.6 is 12.6 Å². The van der Waals surface area contributed by atoms with E-state index < -0.39 is 0 Å². The van der Waals surface area contributed by atoms with Gasteiger partial charge in [-0.25, -0.2) is 0 Å². The molecule has 0 aliphatic carbocycles. The fourth-order valence-corrected chi connectivity index (χ4v) is 2.11. The summed E-state index contributed by atoms with van der Waals surface area (Å²) in [6, 6.07) is 8.19. The van der Waals surface area contributed by atoms with Gasteiger partial charge < -0.3 is 9.47 Å². The second-order valence-electron chi connectivity index (χ2n) is 4.09. The van der Waals surface area contributed by atoms with Crippen molar-refractivity contribution in [1.82, 2.24) is 0 Å². The lowest BCUT2D eigenvalue weighted by Gasteiger charge is -2.22. The first-order valence-corrected chi connectivity index (χ1v) is 6.30. The molecule has 16 heavy (non-hydrogen) atoms. The SMILES string of the molecule is Sc1cccc(CCOC2CCCCO2)c1. The monoisotopic (exact) mass is 238 g/mol. The van der Waals surface area contributed by atoms with E-state index in [1.54, 1.807) is 0 Å². The van der Waals surface area contributed by atoms with Crippen molar-refractivity contribution in [2.24, 2.45) is 0 Å². The maximum absolute atomic E-state index is 5.68. The van der Waals surface area contributed by atoms with Crippen LogP contribution in [-0.4, -0.2) is 19.5 Å². The lowest BCUT2D eigenvalue weighted by Crippen LogP contribution is -2.23. The molecule has 1 fully saturated rings. The zero-order valence-electron chi connectivity index (χ0n) is 9.39. The summed E-state index contributed by atoms with van der Waals surface area (Å²) in [5, 5.41) is 0. The lowest BCUT2D eigenvalue weighted by molar-refractivity contribution is -0.161. The zero-order valence-corrected chi connectivity index (χ0v) is 10.3. The third kappa shape index (κ3) is 3.81. The van der Waals surface area contributed by atoms with Crippen LogP contribution in [0.15, 0.2) is 29.2 Å². The summed E-state index contributed by atoms with van der Waals surface area (Å²) in [4.78, 5) is 1.01. The fourth-order valence-electron chi connectivity index (χ4n) is 1.86.